The van der Waals surface area contributed by atoms with E-state index >= 15 is 0 Å². The summed E-state index contributed by atoms with van der Waals surface area (Å²) >= 11 is 0. The van der Waals surface area contributed by atoms with Crippen LogP contribution in [0.1, 0.15) is 24.8 Å². The number of hydrogen-bond donors (Lipinski definition) is 1. The Hall–Kier alpha value is -1.48. The number of benzene rings is 1. The third-order valence-electron chi connectivity index (χ3n) is 3.15. The van der Waals surface area contributed by atoms with E-state index in [0.717, 1.165) is 36.3 Å². The maximum Gasteiger partial charge on any atom is 0.130 e. The Morgan fingerprint density at radius 2 is 1.82 bits per heavy atom. The van der Waals surface area contributed by atoms with Crippen molar-refractivity contribution >= 4 is 5.57 Å². The molecule has 1 aromatic carbocycles. The van der Waals surface area contributed by atoms with Crippen molar-refractivity contribution < 1.29 is 9.47 Å². The lowest BCUT2D eigenvalue weighted by Gasteiger charge is -2.21. The third kappa shape index (κ3) is 2.44. The van der Waals surface area contributed by atoms with Crippen molar-refractivity contribution in [2.75, 3.05) is 14.2 Å². The first-order chi connectivity index (χ1) is 8.26. The van der Waals surface area contributed by atoms with Gasteiger partial charge in [-0.25, -0.2) is 0 Å². The first kappa shape index (κ1) is 12.0. The van der Waals surface area contributed by atoms with Crippen LogP contribution in [0, 0.1) is 0 Å². The number of allylic oxidation sites excluding steroid dienone is 1. The first-order valence-corrected chi connectivity index (χ1v) is 5.94. The predicted molar refractivity (Wildman–Crippen MR) is 69.3 cm³/mol. The maximum absolute atomic E-state index is 5.99. The van der Waals surface area contributed by atoms with E-state index in [1.54, 1.807) is 14.2 Å². The van der Waals surface area contributed by atoms with E-state index in [1.807, 2.05) is 18.2 Å². The van der Waals surface area contributed by atoms with Gasteiger partial charge < -0.3 is 15.2 Å². The van der Waals surface area contributed by atoms with Crippen molar-refractivity contribution in [1.82, 2.24) is 0 Å². The van der Waals surface area contributed by atoms with Gasteiger partial charge >= 0.3 is 0 Å². The Labute approximate surface area is 102 Å². The molecule has 1 aliphatic carbocycles. The Morgan fingerprint density at radius 1 is 1.18 bits per heavy atom. The molecule has 0 saturated carbocycles. The Bertz CT molecular complexity index is 404. The fourth-order valence-corrected chi connectivity index (χ4v) is 2.33. The normalized spacial score (nSPS) is 19.7. The van der Waals surface area contributed by atoms with E-state index in [9.17, 15) is 0 Å². The molecule has 0 bridgehead atoms. The second kappa shape index (κ2) is 5.23. The molecule has 3 nitrogen and oxygen atoms in total. The first-order valence-electron chi connectivity index (χ1n) is 5.94. The third-order valence-corrected chi connectivity index (χ3v) is 3.15. The highest BCUT2D eigenvalue weighted by atomic mass is 16.5. The zero-order valence-electron chi connectivity index (χ0n) is 10.4. The van der Waals surface area contributed by atoms with E-state index in [4.69, 9.17) is 15.2 Å². The topological polar surface area (TPSA) is 44.5 Å². The van der Waals surface area contributed by atoms with Gasteiger partial charge in [0.1, 0.15) is 11.5 Å². The molecule has 3 heteroatoms. The van der Waals surface area contributed by atoms with Crippen molar-refractivity contribution in [1.29, 1.82) is 0 Å². The van der Waals surface area contributed by atoms with Crippen LogP contribution in [0.5, 0.6) is 11.5 Å². The zero-order valence-corrected chi connectivity index (χ0v) is 10.4. The summed E-state index contributed by atoms with van der Waals surface area (Å²) in [7, 11) is 3.36. The summed E-state index contributed by atoms with van der Waals surface area (Å²) in [5.74, 6) is 1.70. The number of nitrogens with two attached hydrogens (primary N) is 1. The lowest BCUT2D eigenvalue weighted by atomic mass is 9.90. The van der Waals surface area contributed by atoms with Gasteiger partial charge in [0.15, 0.2) is 0 Å². The van der Waals surface area contributed by atoms with Gasteiger partial charge in [-0.1, -0.05) is 12.1 Å². The van der Waals surface area contributed by atoms with Gasteiger partial charge in [0, 0.05) is 6.04 Å². The number of rotatable bonds is 3. The minimum absolute atomic E-state index is 0.147. The average molecular weight is 233 g/mol. The molecular formula is C14H19NO2. The van der Waals surface area contributed by atoms with E-state index in [2.05, 4.69) is 6.08 Å². The van der Waals surface area contributed by atoms with Crippen molar-refractivity contribution in [2.45, 2.75) is 25.3 Å². The van der Waals surface area contributed by atoms with Crippen LogP contribution in [-0.4, -0.2) is 20.3 Å². The molecule has 2 N–H and O–H groups in total. The van der Waals surface area contributed by atoms with Crippen LogP contribution in [0.15, 0.2) is 24.3 Å². The fraction of sp³-hybridized carbons (Fsp3) is 0.429. The van der Waals surface area contributed by atoms with Gasteiger partial charge in [-0.15, -0.1) is 0 Å². The van der Waals surface area contributed by atoms with E-state index in [0.29, 0.717) is 0 Å². The van der Waals surface area contributed by atoms with E-state index < -0.39 is 0 Å². The van der Waals surface area contributed by atoms with Gasteiger partial charge in [0.05, 0.1) is 19.8 Å². The highest BCUT2D eigenvalue weighted by Crippen LogP contribution is 2.38. The molecule has 17 heavy (non-hydrogen) atoms. The van der Waals surface area contributed by atoms with Gasteiger partial charge in [-0.3, -0.25) is 0 Å². The lowest BCUT2D eigenvalue weighted by Crippen LogP contribution is -2.20. The van der Waals surface area contributed by atoms with Crippen LogP contribution in [0.2, 0.25) is 0 Å². The summed E-state index contributed by atoms with van der Waals surface area (Å²) in [6.45, 7) is 0. The zero-order chi connectivity index (χ0) is 12.3. The van der Waals surface area contributed by atoms with Crippen molar-refractivity contribution in [3.8, 4) is 11.5 Å². The minimum atomic E-state index is 0.147. The highest BCUT2D eigenvalue weighted by molar-refractivity contribution is 5.76. The molecule has 0 aromatic heterocycles. The second-order valence-corrected chi connectivity index (χ2v) is 4.29. The summed E-state index contributed by atoms with van der Waals surface area (Å²) in [6.07, 6.45) is 5.34. The van der Waals surface area contributed by atoms with Crippen LogP contribution in [0.4, 0.5) is 0 Å². The second-order valence-electron chi connectivity index (χ2n) is 4.29. The summed E-state index contributed by atoms with van der Waals surface area (Å²) in [6, 6.07) is 6.00. The van der Waals surface area contributed by atoms with Crippen molar-refractivity contribution in [2.24, 2.45) is 5.73 Å². The summed E-state index contributed by atoms with van der Waals surface area (Å²) in [5, 5.41) is 0. The van der Waals surface area contributed by atoms with Gasteiger partial charge in [-0.2, -0.15) is 0 Å². The highest BCUT2D eigenvalue weighted by Gasteiger charge is 2.18. The van der Waals surface area contributed by atoms with Crippen LogP contribution in [0.3, 0.4) is 0 Å². The van der Waals surface area contributed by atoms with Gasteiger partial charge in [0.2, 0.25) is 0 Å². The molecule has 0 aliphatic heterocycles. The molecule has 0 heterocycles. The average Bonchev–Trinajstić information content (AvgIpc) is 2.37. The molecule has 1 aliphatic rings. The molecule has 1 aromatic rings. The molecule has 0 spiro atoms. The van der Waals surface area contributed by atoms with Crippen LogP contribution < -0.4 is 15.2 Å². The van der Waals surface area contributed by atoms with E-state index in [1.165, 1.54) is 5.57 Å². The molecule has 2 rings (SSSR count). The smallest absolute Gasteiger partial charge is 0.130 e. The lowest BCUT2D eigenvalue weighted by molar-refractivity contribution is 0.391. The quantitative estimate of drug-likeness (QED) is 0.872. The number of hydrogen-bond acceptors (Lipinski definition) is 3. The molecule has 92 valence electrons. The molecule has 1 unspecified atom stereocenters. The van der Waals surface area contributed by atoms with E-state index in [-0.39, 0.29) is 6.04 Å². The molecule has 0 fully saturated rings. The Kier molecular flexibility index (Phi) is 3.69. The summed E-state index contributed by atoms with van der Waals surface area (Å²) < 4.78 is 10.8. The number of ether oxygens (including phenoxy) is 2. The monoisotopic (exact) mass is 233 g/mol. The Morgan fingerprint density at radius 3 is 2.35 bits per heavy atom. The molecule has 1 atom stereocenters. The number of methoxy groups -OCH3 is 2. The van der Waals surface area contributed by atoms with Crippen LogP contribution in [-0.2, 0) is 0 Å². The van der Waals surface area contributed by atoms with Crippen molar-refractivity contribution in [3.05, 3.63) is 29.8 Å². The minimum Gasteiger partial charge on any atom is -0.496 e. The summed E-state index contributed by atoms with van der Waals surface area (Å²) in [5.41, 5.74) is 8.27. The van der Waals surface area contributed by atoms with Crippen LogP contribution >= 0.6 is 0 Å². The largest absolute Gasteiger partial charge is 0.496 e. The van der Waals surface area contributed by atoms with Gasteiger partial charge in [0.25, 0.3) is 0 Å². The molecule has 0 saturated heterocycles. The fourth-order valence-electron chi connectivity index (χ4n) is 2.33. The maximum atomic E-state index is 5.99. The van der Waals surface area contributed by atoms with Gasteiger partial charge in [-0.05, 0) is 37.0 Å². The van der Waals surface area contributed by atoms with Crippen LogP contribution in [0.25, 0.3) is 5.57 Å². The molecule has 0 amide bonds. The molecule has 0 radical (unpaired) electrons. The SMILES string of the molecule is COc1cccc(OC)c1C1=CC(N)CCC1. The Balaban J connectivity index is 2.48. The van der Waals surface area contributed by atoms with Crippen molar-refractivity contribution in [3.63, 3.8) is 0 Å². The molecular weight excluding hydrogens is 214 g/mol. The summed E-state index contributed by atoms with van der Waals surface area (Å²) in [4.78, 5) is 0. The standard InChI is InChI=1S/C14H19NO2/c1-16-12-7-4-8-13(17-2)14(12)10-5-3-6-11(15)9-10/h4,7-9,11H,3,5-6,15H2,1-2H3. The predicted octanol–water partition coefficient (Wildman–Crippen LogP) is 2.60.